The molecule has 3 aromatic rings. The lowest BCUT2D eigenvalue weighted by atomic mass is 10.0. The van der Waals surface area contributed by atoms with Crippen LogP contribution in [0.4, 0.5) is 5.69 Å². The van der Waals surface area contributed by atoms with Crippen LogP contribution in [0.5, 0.6) is 0 Å². The topological polar surface area (TPSA) is 104 Å². The summed E-state index contributed by atoms with van der Waals surface area (Å²) in [5.41, 5.74) is 2.08. The summed E-state index contributed by atoms with van der Waals surface area (Å²) in [6.45, 7) is 0.877. The zero-order chi connectivity index (χ0) is 30.3. The van der Waals surface area contributed by atoms with E-state index in [1.165, 1.54) is 24.0 Å². The first-order chi connectivity index (χ1) is 20.0. The molecule has 0 aliphatic heterocycles. The van der Waals surface area contributed by atoms with Gasteiger partial charge < -0.3 is 10.2 Å². The maximum Gasteiger partial charge on any atom is 0.244 e. The average molecular weight is 610 g/mol. The van der Waals surface area contributed by atoms with E-state index in [4.69, 9.17) is 11.6 Å². The number of anilines is 1. The molecule has 4 rings (SSSR count). The minimum Gasteiger partial charge on any atom is -0.352 e. The Kier molecular flexibility index (Phi) is 10.4. The fraction of sp³-hybridized carbons (Fsp3) is 0.344. The normalized spacial score (nSPS) is 14.3. The summed E-state index contributed by atoms with van der Waals surface area (Å²) >= 11 is 6.26. The van der Waals surface area contributed by atoms with Gasteiger partial charge >= 0.3 is 0 Å². The SMILES string of the molecule is CC(=O)c1cccc(N(CC(=O)N(Cc2cccc(Cl)c2)[C@@H](Cc2ccccc2)C(=O)NC2CCCC2)S(C)(=O)=O)c1. The smallest absolute Gasteiger partial charge is 0.244 e. The van der Waals surface area contributed by atoms with Crippen molar-refractivity contribution in [1.29, 1.82) is 0 Å². The summed E-state index contributed by atoms with van der Waals surface area (Å²) in [6.07, 6.45) is 5.06. The molecular formula is C32H36ClN3O5S. The van der Waals surface area contributed by atoms with E-state index >= 15 is 0 Å². The van der Waals surface area contributed by atoms with Crippen molar-refractivity contribution in [2.45, 2.75) is 57.7 Å². The highest BCUT2D eigenvalue weighted by atomic mass is 35.5. The van der Waals surface area contributed by atoms with Crippen molar-refractivity contribution in [2.24, 2.45) is 0 Å². The quantitative estimate of drug-likeness (QED) is 0.291. The molecule has 1 N–H and O–H groups in total. The fourth-order valence-electron chi connectivity index (χ4n) is 5.25. The zero-order valence-electron chi connectivity index (χ0n) is 23.8. The highest BCUT2D eigenvalue weighted by Gasteiger charge is 2.34. The Morgan fingerprint density at radius 2 is 1.60 bits per heavy atom. The van der Waals surface area contributed by atoms with Crippen LogP contribution in [0.1, 0.15) is 54.1 Å². The van der Waals surface area contributed by atoms with E-state index in [9.17, 15) is 22.8 Å². The Bertz CT molecular complexity index is 1520. The number of hydrogen-bond donors (Lipinski definition) is 1. The van der Waals surface area contributed by atoms with Crippen molar-refractivity contribution in [3.63, 3.8) is 0 Å². The second kappa shape index (κ2) is 14.0. The third-order valence-electron chi connectivity index (χ3n) is 7.43. The first-order valence-corrected chi connectivity index (χ1v) is 16.2. The number of hydrogen-bond acceptors (Lipinski definition) is 5. The Balaban J connectivity index is 1.74. The number of halogens is 1. The lowest BCUT2D eigenvalue weighted by molar-refractivity contribution is -0.140. The summed E-state index contributed by atoms with van der Waals surface area (Å²) in [7, 11) is -3.94. The van der Waals surface area contributed by atoms with Crippen LogP contribution in [-0.4, -0.2) is 55.8 Å². The minimum absolute atomic E-state index is 0.0285. The molecule has 0 saturated heterocycles. The van der Waals surface area contributed by atoms with Crippen molar-refractivity contribution in [2.75, 3.05) is 17.1 Å². The third-order valence-corrected chi connectivity index (χ3v) is 8.81. The second-order valence-electron chi connectivity index (χ2n) is 10.7. The predicted octanol–water partition coefficient (Wildman–Crippen LogP) is 5.01. The Labute approximate surface area is 252 Å². The van der Waals surface area contributed by atoms with E-state index in [1.54, 1.807) is 30.3 Å². The molecule has 0 bridgehead atoms. The molecule has 0 radical (unpaired) electrons. The third kappa shape index (κ3) is 8.42. The molecule has 1 saturated carbocycles. The molecule has 1 fully saturated rings. The molecule has 1 aliphatic carbocycles. The van der Waals surface area contributed by atoms with Crippen molar-refractivity contribution < 1.29 is 22.8 Å². The van der Waals surface area contributed by atoms with Gasteiger partial charge in [0.05, 0.1) is 11.9 Å². The number of benzene rings is 3. The van der Waals surface area contributed by atoms with Crippen LogP contribution in [0.3, 0.4) is 0 Å². The van der Waals surface area contributed by atoms with Gasteiger partial charge in [0.15, 0.2) is 5.78 Å². The molecule has 2 amide bonds. The molecule has 10 heteroatoms. The molecule has 42 heavy (non-hydrogen) atoms. The minimum atomic E-state index is -3.94. The summed E-state index contributed by atoms with van der Waals surface area (Å²) < 4.78 is 26.9. The van der Waals surface area contributed by atoms with Crippen molar-refractivity contribution >= 4 is 44.9 Å². The lowest BCUT2D eigenvalue weighted by Crippen LogP contribution is -2.54. The van der Waals surface area contributed by atoms with Gasteiger partial charge in [-0.1, -0.05) is 79.0 Å². The number of nitrogens with one attached hydrogen (secondary N) is 1. The van der Waals surface area contributed by atoms with Crippen molar-refractivity contribution in [3.8, 4) is 0 Å². The number of sulfonamides is 1. The Hall–Kier alpha value is -3.69. The van der Waals surface area contributed by atoms with E-state index in [0.29, 0.717) is 16.1 Å². The van der Waals surface area contributed by atoms with E-state index in [0.717, 1.165) is 41.8 Å². The van der Waals surface area contributed by atoms with Crippen LogP contribution in [0.15, 0.2) is 78.9 Å². The van der Waals surface area contributed by atoms with Crippen molar-refractivity contribution in [3.05, 3.63) is 101 Å². The van der Waals surface area contributed by atoms with Gasteiger partial charge in [0.1, 0.15) is 12.6 Å². The van der Waals surface area contributed by atoms with Crippen LogP contribution in [0, 0.1) is 0 Å². The average Bonchev–Trinajstić information content (AvgIpc) is 3.46. The van der Waals surface area contributed by atoms with Crippen molar-refractivity contribution in [1.82, 2.24) is 10.2 Å². The summed E-state index contributed by atoms with van der Waals surface area (Å²) in [5, 5.41) is 3.62. The molecule has 3 aromatic carbocycles. The van der Waals surface area contributed by atoms with Gasteiger partial charge in [-0.15, -0.1) is 0 Å². The van der Waals surface area contributed by atoms with Crippen LogP contribution in [-0.2, 0) is 32.6 Å². The zero-order valence-corrected chi connectivity index (χ0v) is 25.4. The Morgan fingerprint density at radius 1 is 0.929 bits per heavy atom. The van der Waals surface area contributed by atoms with Crippen LogP contribution < -0.4 is 9.62 Å². The van der Waals surface area contributed by atoms with Gasteiger partial charge in [0.2, 0.25) is 21.8 Å². The Morgan fingerprint density at radius 3 is 2.24 bits per heavy atom. The van der Waals surface area contributed by atoms with Gasteiger partial charge in [-0.2, -0.15) is 0 Å². The number of amides is 2. The molecule has 1 aliphatic rings. The lowest BCUT2D eigenvalue weighted by Gasteiger charge is -2.34. The van der Waals surface area contributed by atoms with E-state index in [-0.39, 0.29) is 36.4 Å². The molecule has 0 unspecified atom stereocenters. The molecule has 222 valence electrons. The van der Waals surface area contributed by atoms with Gasteiger partial charge in [0.25, 0.3) is 0 Å². The molecule has 0 spiro atoms. The van der Waals surface area contributed by atoms with Gasteiger partial charge in [-0.05, 0) is 55.2 Å². The first-order valence-electron chi connectivity index (χ1n) is 14.0. The predicted molar refractivity (Wildman–Crippen MR) is 165 cm³/mol. The summed E-state index contributed by atoms with van der Waals surface area (Å²) in [4.78, 5) is 41.5. The highest BCUT2D eigenvalue weighted by Crippen LogP contribution is 2.23. The van der Waals surface area contributed by atoms with E-state index in [1.807, 2.05) is 36.4 Å². The number of rotatable bonds is 12. The largest absolute Gasteiger partial charge is 0.352 e. The molecule has 1 atom stereocenters. The number of nitrogens with zero attached hydrogens (tertiary/aromatic N) is 2. The second-order valence-corrected chi connectivity index (χ2v) is 13.1. The number of carbonyl (C=O) groups excluding carboxylic acids is 3. The number of carbonyl (C=O) groups is 3. The maximum atomic E-state index is 14.2. The summed E-state index contributed by atoms with van der Waals surface area (Å²) in [5.74, 6) is -1.08. The van der Waals surface area contributed by atoms with E-state index in [2.05, 4.69) is 5.32 Å². The number of Topliss-reactive ketones (excluding diaryl/α,β-unsaturated/α-hetero) is 1. The molecular weight excluding hydrogens is 574 g/mol. The molecule has 0 heterocycles. The standard InChI is InChI=1S/C32H36ClN3O5S/c1-23(37)26-13-9-17-29(20-26)36(42(2,40)41)22-31(38)35(21-25-12-8-14-27(33)18-25)30(19-24-10-4-3-5-11-24)32(39)34-28-15-6-7-16-28/h3-5,8-14,17-18,20,28,30H,6-7,15-16,19,21-22H2,1-2H3,(H,34,39)/t30-/m0/s1. The van der Waals surface area contributed by atoms with Gasteiger partial charge in [-0.25, -0.2) is 8.42 Å². The number of ketones is 1. The highest BCUT2D eigenvalue weighted by molar-refractivity contribution is 7.92. The van der Waals surface area contributed by atoms with Crippen LogP contribution >= 0.6 is 11.6 Å². The monoisotopic (exact) mass is 609 g/mol. The molecule has 8 nitrogen and oxygen atoms in total. The maximum absolute atomic E-state index is 14.2. The fourth-order valence-corrected chi connectivity index (χ4v) is 6.30. The van der Waals surface area contributed by atoms with Gasteiger partial charge in [0, 0.05) is 29.6 Å². The van der Waals surface area contributed by atoms with Crippen LogP contribution in [0.25, 0.3) is 0 Å². The van der Waals surface area contributed by atoms with E-state index < -0.39 is 28.5 Å². The molecule has 0 aromatic heterocycles. The van der Waals surface area contributed by atoms with Crippen LogP contribution in [0.2, 0.25) is 5.02 Å². The van der Waals surface area contributed by atoms with Gasteiger partial charge in [-0.3, -0.25) is 18.7 Å². The summed E-state index contributed by atoms with van der Waals surface area (Å²) in [6, 6.07) is 21.7. The first kappa shape index (κ1) is 31.3.